The first-order valence-corrected chi connectivity index (χ1v) is 8.08. The second-order valence-corrected chi connectivity index (χ2v) is 6.31. The summed E-state index contributed by atoms with van der Waals surface area (Å²) in [6.45, 7) is 3.49. The predicted molar refractivity (Wildman–Crippen MR) is 83.2 cm³/mol. The molecule has 21 heavy (non-hydrogen) atoms. The molecule has 2 fully saturated rings. The average Bonchev–Trinajstić information content (AvgIpc) is 2.56. The average molecular weight is 292 g/mol. The zero-order valence-corrected chi connectivity index (χ0v) is 12.6. The van der Waals surface area contributed by atoms with Crippen LogP contribution in [0, 0.1) is 5.82 Å². The molecular weight excluding hydrogens is 267 g/mol. The molecule has 116 valence electrons. The van der Waals surface area contributed by atoms with Crippen LogP contribution in [0.5, 0.6) is 0 Å². The molecule has 0 radical (unpaired) electrons. The maximum absolute atomic E-state index is 14.6. The van der Waals surface area contributed by atoms with Crippen LogP contribution in [0.3, 0.4) is 0 Å². The van der Waals surface area contributed by atoms with E-state index in [1.807, 2.05) is 6.07 Å². The highest BCUT2D eigenvalue weighted by molar-refractivity contribution is 5.50. The van der Waals surface area contributed by atoms with Crippen LogP contribution in [-0.4, -0.2) is 32.8 Å². The third-order valence-electron chi connectivity index (χ3n) is 5.11. The van der Waals surface area contributed by atoms with Gasteiger partial charge in [-0.3, -0.25) is 0 Å². The molecule has 1 aromatic rings. The van der Waals surface area contributed by atoms with Crippen molar-refractivity contribution in [2.45, 2.75) is 37.5 Å². The van der Waals surface area contributed by atoms with Crippen molar-refractivity contribution in [3.63, 3.8) is 0 Å². The summed E-state index contributed by atoms with van der Waals surface area (Å²) in [5.41, 5.74) is 7.82. The predicted octanol–water partition coefficient (Wildman–Crippen LogP) is 2.82. The van der Waals surface area contributed by atoms with Crippen molar-refractivity contribution in [3.8, 4) is 0 Å². The molecule has 0 unspecified atom stereocenters. The summed E-state index contributed by atoms with van der Waals surface area (Å²) in [5, 5.41) is 0. The molecule has 0 spiro atoms. The van der Waals surface area contributed by atoms with Gasteiger partial charge in [-0.15, -0.1) is 0 Å². The van der Waals surface area contributed by atoms with Crippen molar-refractivity contribution in [3.05, 3.63) is 29.6 Å². The first-order valence-electron chi connectivity index (χ1n) is 8.08. The Labute approximate surface area is 126 Å². The molecular formula is C17H25FN2O. The van der Waals surface area contributed by atoms with Crippen molar-refractivity contribution in [2.75, 3.05) is 37.7 Å². The van der Waals surface area contributed by atoms with Crippen LogP contribution >= 0.6 is 0 Å². The van der Waals surface area contributed by atoms with Gasteiger partial charge in [0.25, 0.3) is 0 Å². The first-order chi connectivity index (χ1) is 10.2. The molecule has 0 atom stereocenters. The van der Waals surface area contributed by atoms with Crippen molar-refractivity contribution in [1.82, 2.24) is 0 Å². The Kier molecular flexibility index (Phi) is 4.45. The number of ether oxygens (including phenoxy) is 1. The summed E-state index contributed by atoms with van der Waals surface area (Å²) in [7, 11) is 0. The standard InChI is InChI=1S/C17H25FN2O/c18-15-12-14(17(13-19)6-2-1-3-7-17)4-5-16(15)20-8-10-21-11-9-20/h4-5,12H,1-3,6-11,13,19H2. The second-order valence-electron chi connectivity index (χ2n) is 6.31. The molecule has 0 aromatic heterocycles. The SMILES string of the molecule is NCC1(c2ccc(N3CCOCC3)c(F)c2)CCCCC1. The minimum atomic E-state index is -0.118. The topological polar surface area (TPSA) is 38.5 Å². The maximum Gasteiger partial charge on any atom is 0.146 e. The highest BCUT2D eigenvalue weighted by Crippen LogP contribution is 2.39. The van der Waals surface area contributed by atoms with E-state index in [1.54, 1.807) is 6.07 Å². The lowest BCUT2D eigenvalue weighted by Crippen LogP contribution is -2.38. The zero-order chi connectivity index (χ0) is 14.7. The van der Waals surface area contributed by atoms with E-state index < -0.39 is 0 Å². The number of anilines is 1. The van der Waals surface area contributed by atoms with Crippen LogP contribution in [0.2, 0.25) is 0 Å². The highest BCUT2D eigenvalue weighted by atomic mass is 19.1. The summed E-state index contributed by atoms with van der Waals surface area (Å²) in [6, 6.07) is 5.75. The maximum atomic E-state index is 14.6. The number of benzene rings is 1. The van der Waals surface area contributed by atoms with Gasteiger partial charge in [0, 0.05) is 25.0 Å². The van der Waals surface area contributed by atoms with Gasteiger partial charge >= 0.3 is 0 Å². The molecule has 1 saturated carbocycles. The minimum Gasteiger partial charge on any atom is -0.378 e. The van der Waals surface area contributed by atoms with E-state index in [-0.39, 0.29) is 11.2 Å². The van der Waals surface area contributed by atoms with Gasteiger partial charge in [-0.1, -0.05) is 25.3 Å². The summed E-state index contributed by atoms with van der Waals surface area (Å²) < 4.78 is 19.9. The summed E-state index contributed by atoms with van der Waals surface area (Å²) in [4.78, 5) is 2.07. The fourth-order valence-corrected chi connectivity index (χ4v) is 3.74. The molecule has 0 bridgehead atoms. The van der Waals surface area contributed by atoms with E-state index >= 15 is 0 Å². The number of halogens is 1. The summed E-state index contributed by atoms with van der Waals surface area (Å²) in [6.07, 6.45) is 5.84. The Morgan fingerprint density at radius 1 is 1.14 bits per heavy atom. The molecule has 3 nitrogen and oxygen atoms in total. The molecule has 1 aliphatic carbocycles. The quantitative estimate of drug-likeness (QED) is 0.931. The smallest absolute Gasteiger partial charge is 0.146 e. The third kappa shape index (κ3) is 2.92. The van der Waals surface area contributed by atoms with Crippen molar-refractivity contribution in [1.29, 1.82) is 0 Å². The lowest BCUT2D eigenvalue weighted by molar-refractivity contribution is 0.122. The number of morpholine rings is 1. The van der Waals surface area contributed by atoms with Crippen LogP contribution in [0.25, 0.3) is 0 Å². The van der Waals surface area contributed by atoms with Gasteiger partial charge in [-0.2, -0.15) is 0 Å². The molecule has 1 aromatic carbocycles. The van der Waals surface area contributed by atoms with Gasteiger partial charge in [0.15, 0.2) is 0 Å². The Morgan fingerprint density at radius 3 is 2.48 bits per heavy atom. The molecule has 0 amide bonds. The number of nitrogens with zero attached hydrogens (tertiary/aromatic N) is 1. The van der Waals surface area contributed by atoms with Crippen LogP contribution in [0.4, 0.5) is 10.1 Å². The Bertz CT molecular complexity index is 480. The van der Waals surface area contributed by atoms with Crippen LogP contribution in [-0.2, 0) is 10.2 Å². The van der Waals surface area contributed by atoms with E-state index in [1.165, 1.54) is 19.3 Å². The first kappa shape index (κ1) is 14.8. The van der Waals surface area contributed by atoms with Gasteiger partial charge in [0.1, 0.15) is 5.82 Å². The zero-order valence-electron chi connectivity index (χ0n) is 12.6. The number of hydrogen-bond acceptors (Lipinski definition) is 3. The van der Waals surface area contributed by atoms with Gasteiger partial charge in [-0.05, 0) is 30.5 Å². The van der Waals surface area contributed by atoms with Crippen LogP contribution < -0.4 is 10.6 Å². The van der Waals surface area contributed by atoms with E-state index in [2.05, 4.69) is 11.0 Å². The largest absolute Gasteiger partial charge is 0.378 e. The van der Waals surface area contributed by atoms with Gasteiger partial charge < -0.3 is 15.4 Å². The molecule has 2 aliphatic rings. The molecule has 3 rings (SSSR count). The van der Waals surface area contributed by atoms with Gasteiger partial charge in [0.2, 0.25) is 0 Å². The van der Waals surface area contributed by atoms with E-state index in [0.29, 0.717) is 25.4 Å². The minimum absolute atomic E-state index is 0.0113. The van der Waals surface area contributed by atoms with Crippen molar-refractivity contribution < 1.29 is 9.13 Å². The summed E-state index contributed by atoms with van der Waals surface area (Å²) >= 11 is 0. The van der Waals surface area contributed by atoms with E-state index in [9.17, 15) is 4.39 Å². The number of hydrogen-bond donors (Lipinski definition) is 1. The van der Waals surface area contributed by atoms with E-state index in [4.69, 9.17) is 10.5 Å². The Hall–Kier alpha value is -1.13. The number of nitrogens with two attached hydrogens (primary N) is 1. The Morgan fingerprint density at radius 2 is 1.86 bits per heavy atom. The van der Waals surface area contributed by atoms with Crippen LogP contribution in [0.15, 0.2) is 18.2 Å². The lowest BCUT2D eigenvalue weighted by Gasteiger charge is -2.37. The van der Waals surface area contributed by atoms with Crippen LogP contribution in [0.1, 0.15) is 37.7 Å². The second kappa shape index (κ2) is 6.32. The molecule has 1 heterocycles. The van der Waals surface area contributed by atoms with E-state index in [0.717, 1.165) is 31.5 Å². The molecule has 4 heteroatoms. The molecule has 1 saturated heterocycles. The monoisotopic (exact) mass is 292 g/mol. The molecule has 2 N–H and O–H groups in total. The molecule has 1 aliphatic heterocycles. The third-order valence-corrected chi connectivity index (χ3v) is 5.11. The van der Waals surface area contributed by atoms with Gasteiger partial charge in [0.05, 0.1) is 18.9 Å². The van der Waals surface area contributed by atoms with Crippen molar-refractivity contribution >= 4 is 5.69 Å². The lowest BCUT2D eigenvalue weighted by atomic mass is 9.69. The highest BCUT2D eigenvalue weighted by Gasteiger charge is 2.33. The van der Waals surface area contributed by atoms with Crippen molar-refractivity contribution in [2.24, 2.45) is 5.73 Å². The number of rotatable bonds is 3. The van der Waals surface area contributed by atoms with Gasteiger partial charge in [-0.25, -0.2) is 4.39 Å². The summed E-state index contributed by atoms with van der Waals surface area (Å²) in [5.74, 6) is -0.118. The Balaban J connectivity index is 1.85. The fourth-order valence-electron chi connectivity index (χ4n) is 3.74. The normalized spacial score (nSPS) is 22.3. The fraction of sp³-hybridized carbons (Fsp3) is 0.647.